The Hall–Kier alpha value is -0.320. The molecule has 0 aliphatic carbocycles. The van der Waals surface area contributed by atoms with E-state index in [4.69, 9.17) is 0 Å². The van der Waals surface area contributed by atoms with Crippen molar-refractivity contribution in [2.24, 2.45) is 0 Å². The fourth-order valence-corrected chi connectivity index (χ4v) is 3.52. The minimum absolute atomic E-state index is 0.307. The van der Waals surface area contributed by atoms with Crippen molar-refractivity contribution in [1.29, 1.82) is 0 Å². The highest BCUT2D eigenvalue weighted by atomic mass is 32.2. The van der Waals surface area contributed by atoms with E-state index in [0.29, 0.717) is 12.2 Å². The Morgan fingerprint density at radius 3 is 2.88 bits per heavy atom. The average molecular weight is 255 g/mol. The van der Waals surface area contributed by atoms with Crippen LogP contribution in [0.15, 0.2) is 17.5 Å². The van der Waals surface area contributed by atoms with Gasteiger partial charge in [-0.3, -0.25) is 4.79 Å². The van der Waals surface area contributed by atoms with Crippen molar-refractivity contribution in [1.82, 2.24) is 4.90 Å². The number of hydrogen-bond donors (Lipinski definition) is 0. The lowest BCUT2D eigenvalue weighted by atomic mass is 10.2. The second-order valence-corrected chi connectivity index (χ2v) is 6.13. The average Bonchev–Trinajstić information content (AvgIpc) is 2.84. The molecule has 0 saturated carbocycles. The molecule has 1 fully saturated rings. The third-order valence-corrected chi connectivity index (χ3v) is 4.63. The van der Waals surface area contributed by atoms with Gasteiger partial charge in [-0.1, -0.05) is 6.07 Å². The first-order valence-corrected chi connectivity index (χ1v) is 7.76. The maximum absolute atomic E-state index is 11.7. The van der Waals surface area contributed by atoms with E-state index < -0.39 is 0 Å². The number of nitrogens with zero attached hydrogens (tertiary/aromatic N) is 1. The molecule has 88 valence electrons. The highest BCUT2D eigenvalue weighted by Gasteiger charge is 2.11. The van der Waals surface area contributed by atoms with Gasteiger partial charge in [-0.05, 0) is 24.4 Å². The Kier molecular flexibility index (Phi) is 4.88. The van der Waals surface area contributed by atoms with Crippen LogP contribution in [0.4, 0.5) is 0 Å². The highest BCUT2D eigenvalue weighted by molar-refractivity contribution is 7.99. The molecule has 1 aromatic heterocycles. The summed E-state index contributed by atoms with van der Waals surface area (Å²) in [5.74, 6) is 2.80. The second-order valence-electron chi connectivity index (χ2n) is 3.96. The van der Waals surface area contributed by atoms with Gasteiger partial charge in [-0.25, -0.2) is 0 Å². The van der Waals surface area contributed by atoms with Crippen LogP contribution in [-0.4, -0.2) is 41.8 Å². The van der Waals surface area contributed by atoms with Gasteiger partial charge in [0.15, 0.2) is 5.78 Å². The number of carbonyl (C=O) groups excluding carboxylic acids is 1. The normalized spacial score (nSPS) is 17.5. The minimum atomic E-state index is 0.307. The molecule has 0 atom stereocenters. The van der Waals surface area contributed by atoms with Gasteiger partial charge in [0.05, 0.1) is 4.88 Å². The molecule has 2 nitrogen and oxygen atoms in total. The summed E-state index contributed by atoms with van der Waals surface area (Å²) in [6.45, 7) is 3.47. The van der Waals surface area contributed by atoms with Gasteiger partial charge in [0.2, 0.25) is 0 Å². The zero-order valence-electron chi connectivity index (χ0n) is 9.35. The molecule has 0 N–H and O–H groups in total. The van der Waals surface area contributed by atoms with E-state index >= 15 is 0 Å². The third-order valence-electron chi connectivity index (χ3n) is 2.78. The Morgan fingerprint density at radius 2 is 2.19 bits per heavy atom. The van der Waals surface area contributed by atoms with Gasteiger partial charge in [-0.2, -0.15) is 11.8 Å². The molecule has 0 spiro atoms. The molecule has 1 aliphatic rings. The first-order chi connectivity index (χ1) is 7.86. The van der Waals surface area contributed by atoms with Gasteiger partial charge in [0.25, 0.3) is 0 Å². The van der Waals surface area contributed by atoms with Crippen LogP contribution in [0.3, 0.4) is 0 Å². The smallest absolute Gasteiger partial charge is 0.172 e. The molecule has 0 radical (unpaired) electrons. The molecule has 16 heavy (non-hydrogen) atoms. The molecule has 4 heteroatoms. The maximum Gasteiger partial charge on any atom is 0.172 e. The van der Waals surface area contributed by atoms with E-state index in [1.807, 2.05) is 29.3 Å². The predicted octanol–water partition coefficient (Wildman–Crippen LogP) is 2.76. The van der Waals surface area contributed by atoms with E-state index in [1.54, 1.807) is 11.3 Å². The zero-order chi connectivity index (χ0) is 11.2. The molecule has 0 unspecified atom stereocenters. The molecule has 0 amide bonds. The maximum atomic E-state index is 11.7. The quantitative estimate of drug-likeness (QED) is 0.755. The van der Waals surface area contributed by atoms with Crippen LogP contribution >= 0.6 is 23.1 Å². The minimum Gasteiger partial charge on any atom is -0.302 e. The lowest BCUT2D eigenvalue weighted by Gasteiger charge is -2.25. The van der Waals surface area contributed by atoms with Crippen molar-refractivity contribution in [3.8, 4) is 0 Å². The number of Topliss-reactive ketones (excluding diaryl/α,β-unsaturated/α-hetero) is 1. The zero-order valence-corrected chi connectivity index (χ0v) is 11.0. The van der Waals surface area contributed by atoms with E-state index in [-0.39, 0.29) is 0 Å². The molecule has 0 aromatic carbocycles. The van der Waals surface area contributed by atoms with Gasteiger partial charge >= 0.3 is 0 Å². The fraction of sp³-hybridized carbons (Fsp3) is 0.583. The van der Waals surface area contributed by atoms with Crippen molar-refractivity contribution >= 4 is 28.9 Å². The lowest BCUT2D eigenvalue weighted by Crippen LogP contribution is -2.33. The number of thiophene rings is 1. The van der Waals surface area contributed by atoms with E-state index in [9.17, 15) is 4.79 Å². The van der Waals surface area contributed by atoms with Crippen LogP contribution in [0, 0.1) is 0 Å². The summed E-state index contributed by atoms with van der Waals surface area (Å²) < 4.78 is 0. The first kappa shape index (κ1) is 12.1. The SMILES string of the molecule is O=C(CCCN1CCSCC1)c1cccs1. The molecule has 1 aromatic rings. The standard InChI is InChI=1S/C12H17NOS2/c14-11(12-4-2-8-16-12)3-1-5-13-6-9-15-10-7-13/h2,4,8H,1,3,5-7,9-10H2. The van der Waals surface area contributed by atoms with Crippen LogP contribution in [-0.2, 0) is 0 Å². The van der Waals surface area contributed by atoms with Crippen LogP contribution in [0.1, 0.15) is 22.5 Å². The van der Waals surface area contributed by atoms with Crippen molar-refractivity contribution in [2.75, 3.05) is 31.1 Å². The van der Waals surface area contributed by atoms with Gasteiger partial charge < -0.3 is 4.90 Å². The topological polar surface area (TPSA) is 20.3 Å². The predicted molar refractivity (Wildman–Crippen MR) is 71.6 cm³/mol. The Morgan fingerprint density at radius 1 is 1.38 bits per heavy atom. The number of thioether (sulfide) groups is 1. The van der Waals surface area contributed by atoms with Crippen LogP contribution in [0.25, 0.3) is 0 Å². The summed E-state index contributed by atoms with van der Waals surface area (Å²) in [4.78, 5) is 15.1. The molecule has 2 rings (SSSR count). The number of rotatable bonds is 5. The monoisotopic (exact) mass is 255 g/mol. The fourth-order valence-electron chi connectivity index (χ4n) is 1.85. The van der Waals surface area contributed by atoms with E-state index in [2.05, 4.69) is 4.90 Å². The van der Waals surface area contributed by atoms with Crippen LogP contribution < -0.4 is 0 Å². The second kappa shape index (κ2) is 6.42. The van der Waals surface area contributed by atoms with Crippen LogP contribution in [0.5, 0.6) is 0 Å². The molecular formula is C12H17NOS2. The van der Waals surface area contributed by atoms with Crippen LogP contribution in [0.2, 0.25) is 0 Å². The molecule has 2 heterocycles. The highest BCUT2D eigenvalue weighted by Crippen LogP contribution is 2.14. The Labute approximate surface area is 105 Å². The number of ketones is 1. The summed E-state index contributed by atoms with van der Waals surface area (Å²) in [6, 6.07) is 3.87. The summed E-state index contributed by atoms with van der Waals surface area (Å²) in [6.07, 6.45) is 1.70. The van der Waals surface area contributed by atoms with Gasteiger partial charge in [0.1, 0.15) is 0 Å². The lowest BCUT2D eigenvalue weighted by molar-refractivity contribution is 0.0979. The van der Waals surface area contributed by atoms with Crippen molar-refractivity contribution < 1.29 is 4.79 Å². The summed E-state index contributed by atoms with van der Waals surface area (Å²) in [5, 5.41) is 1.97. The Bertz CT molecular complexity index is 318. The summed E-state index contributed by atoms with van der Waals surface area (Å²) in [7, 11) is 0. The van der Waals surface area contributed by atoms with Crippen molar-refractivity contribution in [2.45, 2.75) is 12.8 Å². The van der Waals surface area contributed by atoms with Gasteiger partial charge in [0, 0.05) is 31.0 Å². The molecule has 1 aliphatic heterocycles. The van der Waals surface area contributed by atoms with E-state index in [1.165, 1.54) is 24.6 Å². The number of hydrogen-bond acceptors (Lipinski definition) is 4. The first-order valence-electron chi connectivity index (χ1n) is 5.73. The molecule has 0 bridgehead atoms. The molecule has 1 saturated heterocycles. The largest absolute Gasteiger partial charge is 0.302 e. The number of carbonyl (C=O) groups is 1. The summed E-state index contributed by atoms with van der Waals surface area (Å²) in [5.41, 5.74) is 0. The van der Waals surface area contributed by atoms with Crippen molar-refractivity contribution in [3.05, 3.63) is 22.4 Å². The van der Waals surface area contributed by atoms with E-state index in [0.717, 1.165) is 17.8 Å². The van der Waals surface area contributed by atoms with Gasteiger partial charge in [-0.15, -0.1) is 11.3 Å². The van der Waals surface area contributed by atoms with Crippen molar-refractivity contribution in [3.63, 3.8) is 0 Å². The molecular weight excluding hydrogens is 238 g/mol. The Balaban J connectivity index is 1.66. The third kappa shape index (κ3) is 3.61. The summed E-state index contributed by atoms with van der Waals surface area (Å²) >= 11 is 3.58.